The van der Waals surface area contributed by atoms with Crippen LogP contribution in [0.2, 0.25) is 0 Å². The van der Waals surface area contributed by atoms with Crippen LogP contribution in [0.3, 0.4) is 0 Å². The van der Waals surface area contributed by atoms with E-state index in [1.807, 2.05) is 13.0 Å². The summed E-state index contributed by atoms with van der Waals surface area (Å²) in [4.78, 5) is 26.8. The largest absolute Gasteiger partial charge is 0.495 e. The molecule has 0 saturated carbocycles. The lowest BCUT2D eigenvalue weighted by Crippen LogP contribution is -2.43. The Morgan fingerprint density at radius 3 is 2.59 bits per heavy atom. The molecule has 0 aliphatic rings. The molecule has 27 heavy (non-hydrogen) atoms. The van der Waals surface area contributed by atoms with Crippen molar-refractivity contribution >= 4 is 29.9 Å². The van der Waals surface area contributed by atoms with Gasteiger partial charge in [0.05, 0.1) is 25.5 Å². The van der Waals surface area contributed by atoms with Crippen LogP contribution in [0.4, 0.5) is 5.69 Å². The van der Waals surface area contributed by atoms with Crippen molar-refractivity contribution in [1.82, 2.24) is 20.0 Å². The molecule has 0 aliphatic carbocycles. The summed E-state index contributed by atoms with van der Waals surface area (Å²) < 4.78 is 6.86. The highest BCUT2D eigenvalue weighted by molar-refractivity contribution is 5.96. The normalized spacial score (nSPS) is 11.3. The van der Waals surface area contributed by atoms with Crippen LogP contribution in [0.5, 0.6) is 5.75 Å². The highest BCUT2D eigenvalue weighted by Gasteiger charge is 2.26. The molecule has 2 amide bonds. The van der Waals surface area contributed by atoms with Crippen LogP contribution in [0.1, 0.15) is 18.5 Å². The maximum atomic E-state index is 12.8. The summed E-state index contributed by atoms with van der Waals surface area (Å²) in [6.45, 7) is 2.20. The molecule has 8 nitrogen and oxygen atoms in total. The van der Waals surface area contributed by atoms with Crippen molar-refractivity contribution in [3.8, 4) is 5.75 Å². The molecule has 2 N–H and O–H groups in total. The third kappa shape index (κ3) is 5.70. The number of carbonyl (C=O) groups is 2. The molecule has 1 aromatic carbocycles. The van der Waals surface area contributed by atoms with E-state index in [1.165, 1.54) is 12.0 Å². The lowest BCUT2D eigenvalue weighted by molar-refractivity contribution is -0.136. The number of nitrogens with zero attached hydrogens (tertiary/aromatic N) is 3. The van der Waals surface area contributed by atoms with Gasteiger partial charge in [-0.2, -0.15) is 5.10 Å². The minimum Gasteiger partial charge on any atom is -0.495 e. The van der Waals surface area contributed by atoms with Gasteiger partial charge in [-0.1, -0.05) is 12.1 Å². The Hall–Kier alpha value is -2.58. The minimum atomic E-state index is -0.553. The zero-order valence-corrected chi connectivity index (χ0v) is 16.7. The predicted molar refractivity (Wildman–Crippen MR) is 106 cm³/mol. The Labute approximate surface area is 165 Å². The van der Waals surface area contributed by atoms with Gasteiger partial charge in [0, 0.05) is 25.4 Å². The molecule has 1 heterocycles. The van der Waals surface area contributed by atoms with E-state index >= 15 is 0 Å². The van der Waals surface area contributed by atoms with Crippen molar-refractivity contribution in [2.75, 3.05) is 32.6 Å². The fourth-order valence-electron chi connectivity index (χ4n) is 2.66. The lowest BCUT2D eigenvalue weighted by Gasteiger charge is -2.25. The van der Waals surface area contributed by atoms with Crippen molar-refractivity contribution in [3.05, 3.63) is 42.2 Å². The summed E-state index contributed by atoms with van der Waals surface area (Å²) in [5, 5.41) is 9.88. The van der Waals surface area contributed by atoms with Crippen LogP contribution in [0, 0.1) is 0 Å². The van der Waals surface area contributed by atoms with Gasteiger partial charge >= 0.3 is 0 Å². The van der Waals surface area contributed by atoms with Crippen molar-refractivity contribution < 1.29 is 14.3 Å². The van der Waals surface area contributed by atoms with E-state index in [2.05, 4.69) is 15.7 Å². The predicted octanol–water partition coefficient (Wildman–Crippen LogP) is 1.60. The van der Waals surface area contributed by atoms with E-state index in [0.717, 1.165) is 5.56 Å². The van der Waals surface area contributed by atoms with E-state index in [-0.39, 0.29) is 30.8 Å². The summed E-state index contributed by atoms with van der Waals surface area (Å²) in [6, 6.07) is 6.59. The number of nitrogens with one attached hydrogen (secondary N) is 2. The second-order valence-corrected chi connectivity index (χ2v) is 5.77. The molecule has 148 valence electrons. The first-order chi connectivity index (χ1) is 12.5. The quantitative estimate of drug-likeness (QED) is 0.708. The van der Waals surface area contributed by atoms with Crippen molar-refractivity contribution in [3.63, 3.8) is 0 Å². The first kappa shape index (κ1) is 22.5. The number of hydrogen-bond donors (Lipinski definition) is 2. The number of carbonyl (C=O) groups excluding carboxylic acids is 2. The van der Waals surface area contributed by atoms with E-state index in [1.54, 1.807) is 49.4 Å². The number of halogens is 1. The summed E-state index contributed by atoms with van der Waals surface area (Å²) >= 11 is 0. The molecule has 1 aromatic heterocycles. The van der Waals surface area contributed by atoms with Crippen LogP contribution in [0.25, 0.3) is 0 Å². The van der Waals surface area contributed by atoms with Crippen LogP contribution < -0.4 is 15.4 Å². The second kappa shape index (κ2) is 10.5. The van der Waals surface area contributed by atoms with Gasteiger partial charge in [0.1, 0.15) is 11.8 Å². The lowest BCUT2D eigenvalue weighted by atomic mass is 10.1. The summed E-state index contributed by atoms with van der Waals surface area (Å²) in [7, 11) is 5.04. The van der Waals surface area contributed by atoms with Gasteiger partial charge in [-0.05, 0) is 26.1 Å². The molecule has 0 fully saturated rings. The Bertz CT molecular complexity index is 765. The highest BCUT2D eigenvalue weighted by Crippen LogP contribution is 2.23. The third-order valence-corrected chi connectivity index (χ3v) is 4.00. The average Bonchev–Trinajstić information content (AvgIpc) is 3.06. The smallest absolute Gasteiger partial charge is 0.244 e. The summed E-state index contributed by atoms with van der Waals surface area (Å²) in [5.41, 5.74) is 1.32. The number of hydrogen-bond acceptors (Lipinski definition) is 5. The molecular formula is C18H26ClN5O3. The molecule has 0 saturated heterocycles. The fourth-order valence-corrected chi connectivity index (χ4v) is 2.66. The number of benzene rings is 1. The Kier molecular flexibility index (Phi) is 8.77. The summed E-state index contributed by atoms with van der Waals surface area (Å²) in [6.07, 6.45) is 3.42. The van der Waals surface area contributed by atoms with Crippen LogP contribution in [-0.4, -0.2) is 53.7 Å². The number of methoxy groups -OCH3 is 1. The molecule has 9 heteroatoms. The molecule has 1 unspecified atom stereocenters. The van der Waals surface area contributed by atoms with Crippen molar-refractivity contribution in [2.24, 2.45) is 7.05 Å². The zero-order chi connectivity index (χ0) is 19.1. The molecule has 0 spiro atoms. The number of anilines is 1. The standard InChI is InChI=1S/C18H25N5O3.ClH/c1-5-23(18(25)17(19-2)13-10-20-22(3)11-13)12-16(24)21-14-8-6-7-9-15(14)26-4;/h6-11,17,19H,5,12H2,1-4H3,(H,21,24);1H. The molecule has 2 rings (SSSR count). The van der Waals surface area contributed by atoms with Crippen molar-refractivity contribution in [1.29, 1.82) is 0 Å². The number of amides is 2. The maximum Gasteiger partial charge on any atom is 0.244 e. The molecule has 2 aromatic rings. The maximum absolute atomic E-state index is 12.8. The molecule has 0 bridgehead atoms. The first-order valence-corrected chi connectivity index (χ1v) is 8.37. The highest BCUT2D eigenvalue weighted by atomic mass is 35.5. The Balaban J connectivity index is 0.00000364. The fraction of sp³-hybridized carbons (Fsp3) is 0.389. The van der Waals surface area contributed by atoms with Gasteiger partial charge in [-0.3, -0.25) is 14.3 Å². The Morgan fingerprint density at radius 2 is 2.04 bits per heavy atom. The molecular weight excluding hydrogens is 370 g/mol. The number of likely N-dealkylation sites (N-methyl/N-ethyl adjacent to an activating group) is 2. The van der Waals surface area contributed by atoms with Crippen LogP contribution in [0.15, 0.2) is 36.7 Å². The van der Waals surface area contributed by atoms with Crippen molar-refractivity contribution in [2.45, 2.75) is 13.0 Å². The number of aryl methyl sites for hydroxylation is 1. The van der Waals surface area contributed by atoms with Gasteiger partial charge in [0.25, 0.3) is 0 Å². The van der Waals surface area contributed by atoms with Crippen LogP contribution in [-0.2, 0) is 16.6 Å². The number of para-hydroxylation sites is 2. The number of aromatic nitrogens is 2. The number of rotatable bonds is 8. The van der Waals surface area contributed by atoms with E-state index < -0.39 is 6.04 Å². The topological polar surface area (TPSA) is 88.5 Å². The zero-order valence-electron chi connectivity index (χ0n) is 15.9. The minimum absolute atomic E-state index is 0. The van der Waals surface area contributed by atoms with Gasteiger partial charge in [0.2, 0.25) is 11.8 Å². The molecule has 1 atom stereocenters. The van der Waals surface area contributed by atoms with Gasteiger partial charge in [0.15, 0.2) is 0 Å². The Morgan fingerprint density at radius 1 is 1.33 bits per heavy atom. The van der Waals surface area contributed by atoms with Crippen LogP contribution >= 0.6 is 12.4 Å². The average molecular weight is 396 g/mol. The SMILES string of the molecule is CCN(CC(=O)Nc1ccccc1OC)C(=O)C(NC)c1cnn(C)c1.Cl. The summed E-state index contributed by atoms with van der Waals surface area (Å²) in [5.74, 6) is 0.0996. The monoisotopic (exact) mass is 395 g/mol. The number of ether oxygens (including phenoxy) is 1. The third-order valence-electron chi connectivity index (χ3n) is 4.00. The first-order valence-electron chi connectivity index (χ1n) is 8.37. The second-order valence-electron chi connectivity index (χ2n) is 5.77. The molecule has 0 aliphatic heterocycles. The van der Waals surface area contributed by atoms with E-state index in [0.29, 0.717) is 18.0 Å². The molecule has 0 radical (unpaired) electrons. The van der Waals surface area contributed by atoms with E-state index in [4.69, 9.17) is 4.74 Å². The van der Waals surface area contributed by atoms with Gasteiger partial charge in [-0.15, -0.1) is 12.4 Å². The van der Waals surface area contributed by atoms with E-state index in [9.17, 15) is 9.59 Å². The van der Waals surface area contributed by atoms with Gasteiger partial charge in [-0.25, -0.2) is 0 Å². The van der Waals surface area contributed by atoms with Gasteiger partial charge < -0.3 is 20.3 Å².